The summed E-state index contributed by atoms with van der Waals surface area (Å²) in [5.74, 6) is 7.22. The van der Waals surface area contributed by atoms with Crippen LogP contribution in [0, 0.1) is 17.3 Å². The van der Waals surface area contributed by atoms with Crippen LogP contribution in [0.2, 0.25) is 0 Å². The summed E-state index contributed by atoms with van der Waals surface area (Å²) in [6, 6.07) is 0. The van der Waals surface area contributed by atoms with E-state index in [0.717, 1.165) is 30.9 Å². The van der Waals surface area contributed by atoms with Crippen LogP contribution < -0.4 is 16.0 Å². The maximum atomic E-state index is 12.1. The zero-order valence-electron chi connectivity index (χ0n) is 22.5. The molecule has 2 amide bonds. The van der Waals surface area contributed by atoms with Crippen molar-refractivity contribution < 1.29 is 9.59 Å². The molecule has 1 aromatic heterocycles. The van der Waals surface area contributed by atoms with Crippen molar-refractivity contribution in [2.75, 3.05) is 64.5 Å². The zero-order valence-corrected chi connectivity index (χ0v) is 22.5. The molecule has 0 bridgehead atoms. The Bertz CT molecular complexity index is 895. The van der Waals surface area contributed by atoms with E-state index in [-0.39, 0.29) is 23.8 Å². The predicted molar refractivity (Wildman–Crippen MR) is 143 cm³/mol. The number of carbonyl (C=O) groups excluding carboxylic acids is 2. The van der Waals surface area contributed by atoms with Crippen LogP contribution in [0.25, 0.3) is 0 Å². The van der Waals surface area contributed by atoms with E-state index in [1.165, 1.54) is 11.0 Å². The van der Waals surface area contributed by atoms with Crippen molar-refractivity contribution in [2.24, 2.45) is 5.41 Å². The minimum absolute atomic E-state index is 0.0240. The number of anilines is 2. The van der Waals surface area contributed by atoms with E-state index in [4.69, 9.17) is 0 Å². The van der Waals surface area contributed by atoms with Gasteiger partial charge in [-0.2, -0.15) is 4.98 Å². The SMILES string of the molecule is CCCNc1nc(NCC(C)(C)C)ncc1C#CCCCNC(=O)CN(C)C(=O)/C=C/CN(C)C. The third kappa shape index (κ3) is 14.0. The van der Waals surface area contributed by atoms with Gasteiger partial charge in [0.25, 0.3) is 0 Å². The lowest BCUT2D eigenvalue weighted by molar-refractivity contribution is -0.131. The lowest BCUT2D eigenvalue weighted by Crippen LogP contribution is -2.38. The van der Waals surface area contributed by atoms with Crippen LogP contribution in [0.3, 0.4) is 0 Å². The molecule has 0 aliphatic heterocycles. The number of rotatable bonds is 13. The van der Waals surface area contributed by atoms with Crippen molar-refractivity contribution in [1.29, 1.82) is 0 Å². The van der Waals surface area contributed by atoms with Crippen molar-refractivity contribution in [3.63, 3.8) is 0 Å². The molecule has 0 aromatic carbocycles. The Morgan fingerprint density at radius 3 is 2.54 bits per heavy atom. The Morgan fingerprint density at radius 2 is 1.89 bits per heavy atom. The Labute approximate surface area is 211 Å². The van der Waals surface area contributed by atoms with Crippen LogP contribution in [0.15, 0.2) is 18.3 Å². The first-order chi connectivity index (χ1) is 16.5. The molecule has 0 aliphatic rings. The van der Waals surface area contributed by atoms with Gasteiger partial charge in [0.05, 0.1) is 18.3 Å². The topological polar surface area (TPSA) is 102 Å². The zero-order chi connectivity index (χ0) is 26.3. The fraction of sp³-hybridized carbons (Fsp3) is 0.615. The predicted octanol–water partition coefficient (Wildman–Crippen LogP) is 2.58. The molecule has 0 unspecified atom stereocenters. The van der Waals surface area contributed by atoms with Crippen molar-refractivity contribution in [3.8, 4) is 11.8 Å². The number of nitrogens with zero attached hydrogens (tertiary/aromatic N) is 4. The highest BCUT2D eigenvalue weighted by atomic mass is 16.2. The Balaban J connectivity index is 2.50. The fourth-order valence-electron chi connectivity index (χ4n) is 2.68. The Kier molecular flexibility index (Phi) is 13.4. The largest absolute Gasteiger partial charge is 0.369 e. The molecule has 0 saturated heterocycles. The fourth-order valence-corrected chi connectivity index (χ4v) is 2.68. The maximum Gasteiger partial charge on any atom is 0.246 e. The summed E-state index contributed by atoms with van der Waals surface area (Å²) in [5.41, 5.74) is 0.883. The third-order valence-electron chi connectivity index (χ3n) is 4.62. The number of hydrogen-bond acceptors (Lipinski definition) is 7. The molecular weight excluding hydrogens is 442 g/mol. The van der Waals surface area contributed by atoms with Gasteiger partial charge in [0.1, 0.15) is 5.82 Å². The van der Waals surface area contributed by atoms with Gasteiger partial charge < -0.3 is 25.8 Å². The number of aromatic nitrogens is 2. The van der Waals surface area contributed by atoms with Crippen LogP contribution in [-0.4, -0.2) is 85.4 Å². The van der Waals surface area contributed by atoms with E-state index in [9.17, 15) is 9.59 Å². The van der Waals surface area contributed by atoms with Gasteiger partial charge in [0.2, 0.25) is 17.8 Å². The molecule has 0 atom stereocenters. The Hall–Kier alpha value is -3.12. The van der Waals surface area contributed by atoms with E-state index >= 15 is 0 Å². The second kappa shape index (κ2) is 15.7. The first-order valence-corrected chi connectivity index (χ1v) is 12.2. The molecule has 194 valence electrons. The number of unbranched alkanes of at least 4 members (excludes halogenated alkanes) is 1. The van der Waals surface area contributed by atoms with E-state index in [1.807, 2.05) is 19.0 Å². The van der Waals surface area contributed by atoms with E-state index in [1.54, 1.807) is 19.3 Å². The van der Waals surface area contributed by atoms with Crippen molar-refractivity contribution >= 4 is 23.6 Å². The minimum Gasteiger partial charge on any atom is -0.369 e. The highest BCUT2D eigenvalue weighted by Gasteiger charge is 2.12. The van der Waals surface area contributed by atoms with Gasteiger partial charge in [-0.15, -0.1) is 0 Å². The summed E-state index contributed by atoms with van der Waals surface area (Å²) >= 11 is 0. The number of nitrogens with one attached hydrogen (secondary N) is 3. The summed E-state index contributed by atoms with van der Waals surface area (Å²) in [7, 11) is 5.47. The molecule has 0 spiro atoms. The van der Waals surface area contributed by atoms with E-state index in [0.29, 0.717) is 31.9 Å². The molecular formula is C26H43N7O2. The van der Waals surface area contributed by atoms with Crippen molar-refractivity contribution in [1.82, 2.24) is 25.1 Å². The molecule has 3 N–H and O–H groups in total. The summed E-state index contributed by atoms with van der Waals surface area (Å²) in [4.78, 5) is 36.4. The quantitative estimate of drug-likeness (QED) is 0.224. The molecule has 9 nitrogen and oxygen atoms in total. The second-order valence-corrected chi connectivity index (χ2v) is 9.91. The summed E-state index contributed by atoms with van der Waals surface area (Å²) in [6.45, 7) is 11.3. The van der Waals surface area contributed by atoms with Gasteiger partial charge >= 0.3 is 0 Å². The van der Waals surface area contributed by atoms with Crippen LogP contribution in [0.1, 0.15) is 52.5 Å². The number of carbonyl (C=O) groups is 2. The lowest BCUT2D eigenvalue weighted by Gasteiger charge is -2.19. The number of likely N-dealkylation sites (N-methyl/N-ethyl adjacent to an activating group) is 2. The van der Waals surface area contributed by atoms with Gasteiger partial charge in [0.15, 0.2) is 0 Å². The highest BCUT2D eigenvalue weighted by molar-refractivity contribution is 5.91. The second-order valence-electron chi connectivity index (χ2n) is 9.91. The molecule has 35 heavy (non-hydrogen) atoms. The first-order valence-electron chi connectivity index (χ1n) is 12.2. The molecule has 0 saturated carbocycles. The van der Waals surface area contributed by atoms with Gasteiger partial charge in [-0.25, -0.2) is 4.98 Å². The average Bonchev–Trinajstić information content (AvgIpc) is 2.78. The lowest BCUT2D eigenvalue weighted by atomic mass is 9.97. The van der Waals surface area contributed by atoms with E-state index < -0.39 is 0 Å². The van der Waals surface area contributed by atoms with Gasteiger partial charge in [-0.3, -0.25) is 9.59 Å². The maximum absolute atomic E-state index is 12.1. The summed E-state index contributed by atoms with van der Waals surface area (Å²) in [6.07, 6.45) is 7.32. The molecule has 0 radical (unpaired) electrons. The highest BCUT2D eigenvalue weighted by Crippen LogP contribution is 2.16. The number of amides is 2. The van der Waals surface area contributed by atoms with Gasteiger partial charge in [-0.1, -0.05) is 45.6 Å². The van der Waals surface area contributed by atoms with E-state index in [2.05, 4.69) is 65.5 Å². The average molecular weight is 486 g/mol. The van der Waals surface area contributed by atoms with Crippen molar-refractivity contribution in [3.05, 3.63) is 23.9 Å². The van der Waals surface area contributed by atoms with Crippen molar-refractivity contribution in [2.45, 2.75) is 47.0 Å². The van der Waals surface area contributed by atoms with Crippen LogP contribution >= 0.6 is 0 Å². The third-order valence-corrected chi connectivity index (χ3v) is 4.62. The number of hydrogen-bond donors (Lipinski definition) is 3. The van der Waals surface area contributed by atoms with Crippen LogP contribution in [0.4, 0.5) is 11.8 Å². The summed E-state index contributed by atoms with van der Waals surface area (Å²) in [5, 5.41) is 9.44. The molecule has 9 heteroatoms. The van der Waals surface area contributed by atoms with Gasteiger partial charge in [-0.05, 0) is 32.4 Å². The molecule has 0 aliphatic carbocycles. The van der Waals surface area contributed by atoms with Crippen LogP contribution in [-0.2, 0) is 9.59 Å². The standard InChI is InChI=1S/C26H43N7O2/c1-8-15-28-24-21(18-29-25(31-24)30-20-26(2,3)4)13-10-9-11-16-27-22(34)19-33(7)23(35)14-12-17-32(5)6/h12,14,18H,8-9,11,15-17,19-20H2,1-7H3,(H,27,34)(H2,28,29,30,31)/b14-12+. The smallest absolute Gasteiger partial charge is 0.246 e. The molecule has 0 fully saturated rings. The summed E-state index contributed by atoms with van der Waals surface area (Å²) < 4.78 is 0. The minimum atomic E-state index is -0.192. The first kappa shape index (κ1) is 29.9. The molecule has 1 rings (SSSR count). The van der Waals surface area contributed by atoms with Crippen LogP contribution in [0.5, 0.6) is 0 Å². The molecule has 1 aromatic rings. The Morgan fingerprint density at radius 1 is 1.14 bits per heavy atom. The van der Waals surface area contributed by atoms with Gasteiger partial charge in [0, 0.05) is 45.7 Å². The monoisotopic (exact) mass is 485 g/mol. The normalized spacial score (nSPS) is 11.2. The molecule has 1 heterocycles.